The highest BCUT2D eigenvalue weighted by molar-refractivity contribution is 5.36. The minimum Gasteiger partial charge on any atom is -0.508 e. The van der Waals surface area contributed by atoms with Gasteiger partial charge in [0.25, 0.3) is 0 Å². The van der Waals surface area contributed by atoms with E-state index >= 15 is 0 Å². The third-order valence-electron chi connectivity index (χ3n) is 3.79. The number of hydrogen-bond donors (Lipinski definition) is 1. The van der Waals surface area contributed by atoms with E-state index in [4.69, 9.17) is 0 Å². The van der Waals surface area contributed by atoms with Gasteiger partial charge in [0.05, 0.1) is 0 Å². The van der Waals surface area contributed by atoms with Gasteiger partial charge in [-0.25, -0.2) is 0 Å². The molecule has 1 heterocycles. The van der Waals surface area contributed by atoms with E-state index in [2.05, 4.69) is 23.2 Å². The number of hydrogen-bond acceptors (Lipinski definition) is 2. The lowest BCUT2D eigenvalue weighted by Crippen LogP contribution is -2.16. The Labute approximate surface area is 107 Å². The predicted molar refractivity (Wildman–Crippen MR) is 71.6 cm³/mol. The van der Waals surface area contributed by atoms with Crippen LogP contribution in [0.2, 0.25) is 0 Å². The number of benzene rings is 1. The smallest absolute Gasteiger partial charge is 0.115 e. The number of nitrogens with zero attached hydrogens (tertiary/aromatic N) is 1. The lowest BCUT2D eigenvalue weighted by atomic mass is 9.81. The molecule has 1 aliphatic carbocycles. The Balaban J connectivity index is 1.73. The van der Waals surface area contributed by atoms with Gasteiger partial charge in [0.1, 0.15) is 5.75 Å². The molecular weight excluding hydrogens is 222 g/mol. The van der Waals surface area contributed by atoms with Gasteiger partial charge < -0.3 is 5.11 Å². The fourth-order valence-corrected chi connectivity index (χ4v) is 2.84. The second-order valence-corrected chi connectivity index (χ2v) is 5.12. The first-order valence-corrected chi connectivity index (χ1v) is 6.51. The van der Waals surface area contributed by atoms with Gasteiger partial charge in [-0.3, -0.25) is 4.98 Å². The Morgan fingerprint density at radius 2 is 1.94 bits per heavy atom. The first-order chi connectivity index (χ1) is 8.81. The SMILES string of the molecule is Oc1ccc2c(c1)CC[C@@H](Cc1ccncc1)C2. The third kappa shape index (κ3) is 2.37. The van der Waals surface area contributed by atoms with Crippen molar-refractivity contribution < 1.29 is 5.11 Å². The first kappa shape index (κ1) is 11.3. The summed E-state index contributed by atoms with van der Waals surface area (Å²) in [6.45, 7) is 0. The molecule has 1 atom stereocenters. The summed E-state index contributed by atoms with van der Waals surface area (Å²) >= 11 is 0. The molecule has 2 aromatic rings. The lowest BCUT2D eigenvalue weighted by Gasteiger charge is -2.24. The molecule has 92 valence electrons. The van der Waals surface area contributed by atoms with E-state index in [0.29, 0.717) is 11.7 Å². The highest BCUT2D eigenvalue weighted by Gasteiger charge is 2.19. The summed E-state index contributed by atoms with van der Waals surface area (Å²) in [6, 6.07) is 9.99. The first-order valence-electron chi connectivity index (χ1n) is 6.51. The number of aryl methyl sites for hydroxylation is 1. The average molecular weight is 239 g/mol. The summed E-state index contributed by atoms with van der Waals surface area (Å²) in [5, 5.41) is 9.48. The van der Waals surface area contributed by atoms with Gasteiger partial charge in [0, 0.05) is 12.4 Å². The van der Waals surface area contributed by atoms with E-state index in [0.717, 1.165) is 19.3 Å². The van der Waals surface area contributed by atoms with Crippen LogP contribution in [0.5, 0.6) is 5.75 Å². The summed E-state index contributed by atoms with van der Waals surface area (Å²) in [5.74, 6) is 1.10. The van der Waals surface area contributed by atoms with E-state index in [1.807, 2.05) is 18.5 Å². The van der Waals surface area contributed by atoms with Gasteiger partial charge in [-0.15, -0.1) is 0 Å². The Morgan fingerprint density at radius 3 is 2.78 bits per heavy atom. The molecule has 1 N–H and O–H groups in total. The van der Waals surface area contributed by atoms with E-state index in [-0.39, 0.29) is 0 Å². The van der Waals surface area contributed by atoms with Gasteiger partial charge in [0.2, 0.25) is 0 Å². The maximum atomic E-state index is 9.48. The molecule has 0 fully saturated rings. The Morgan fingerprint density at radius 1 is 1.11 bits per heavy atom. The minimum atomic E-state index is 0.390. The largest absolute Gasteiger partial charge is 0.508 e. The fourth-order valence-electron chi connectivity index (χ4n) is 2.84. The second-order valence-electron chi connectivity index (χ2n) is 5.12. The Kier molecular flexibility index (Phi) is 3.01. The molecule has 0 aliphatic heterocycles. The van der Waals surface area contributed by atoms with Gasteiger partial charge in [0.15, 0.2) is 0 Å². The van der Waals surface area contributed by atoms with Crippen molar-refractivity contribution in [1.82, 2.24) is 4.98 Å². The summed E-state index contributed by atoms with van der Waals surface area (Å²) in [5.41, 5.74) is 4.09. The maximum Gasteiger partial charge on any atom is 0.115 e. The summed E-state index contributed by atoms with van der Waals surface area (Å²) in [7, 11) is 0. The predicted octanol–water partition coefficient (Wildman–Crippen LogP) is 3.13. The highest BCUT2D eigenvalue weighted by atomic mass is 16.3. The van der Waals surface area contributed by atoms with Crippen molar-refractivity contribution in [3.8, 4) is 5.75 Å². The molecule has 1 aromatic heterocycles. The highest BCUT2D eigenvalue weighted by Crippen LogP contribution is 2.29. The summed E-state index contributed by atoms with van der Waals surface area (Å²) in [4.78, 5) is 4.06. The summed E-state index contributed by atoms with van der Waals surface area (Å²) < 4.78 is 0. The normalized spacial score (nSPS) is 18.3. The van der Waals surface area contributed by atoms with Crippen LogP contribution in [0.15, 0.2) is 42.7 Å². The molecule has 0 spiro atoms. The number of pyridine rings is 1. The van der Waals surface area contributed by atoms with E-state index in [1.165, 1.54) is 23.1 Å². The van der Waals surface area contributed by atoms with Gasteiger partial charge in [-0.05, 0) is 72.6 Å². The second kappa shape index (κ2) is 4.81. The van der Waals surface area contributed by atoms with Crippen LogP contribution < -0.4 is 0 Å². The molecule has 2 heteroatoms. The van der Waals surface area contributed by atoms with Crippen LogP contribution >= 0.6 is 0 Å². The maximum absolute atomic E-state index is 9.48. The molecule has 0 saturated heterocycles. The van der Waals surface area contributed by atoms with Crippen LogP contribution in [0.25, 0.3) is 0 Å². The minimum absolute atomic E-state index is 0.390. The van der Waals surface area contributed by atoms with Crippen molar-refractivity contribution in [2.75, 3.05) is 0 Å². The monoisotopic (exact) mass is 239 g/mol. The number of fused-ring (bicyclic) bond motifs is 1. The molecule has 0 radical (unpaired) electrons. The topological polar surface area (TPSA) is 33.1 Å². The van der Waals surface area contributed by atoms with Crippen LogP contribution in [-0.2, 0) is 19.3 Å². The van der Waals surface area contributed by atoms with E-state index < -0.39 is 0 Å². The van der Waals surface area contributed by atoms with E-state index in [9.17, 15) is 5.11 Å². The number of rotatable bonds is 2. The van der Waals surface area contributed by atoms with Crippen molar-refractivity contribution >= 4 is 0 Å². The molecular formula is C16H17NO. The third-order valence-corrected chi connectivity index (χ3v) is 3.79. The van der Waals surface area contributed by atoms with Gasteiger partial charge in [-0.2, -0.15) is 0 Å². The molecule has 3 rings (SSSR count). The zero-order chi connectivity index (χ0) is 12.4. The Bertz CT molecular complexity index is 536. The van der Waals surface area contributed by atoms with Crippen molar-refractivity contribution in [3.05, 3.63) is 59.4 Å². The van der Waals surface area contributed by atoms with Crippen molar-refractivity contribution in [1.29, 1.82) is 0 Å². The van der Waals surface area contributed by atoms with E-state index in [1.54, 1.807) is 6.07 Å². The van der Waals surface area contributed by atoms with Crippen molar-refractivity contribution in [2.45, 2.75) is 25.7 Å². The number of aromatic hydroxyl groups is 1. The molecule has 1 aromatic carbocycles. The lowest BCUT2D eigenvalue weighted by molar-refractivity contribution is 0.447. The molecule has 0 saturated carbocycles. The van der Waals surface area contributed by atoms with Gasteiger partial charge >= 0.3 is 0 Å². The zero-order valence-corrected chi connectivity index (χ0v) is 10.3. The number of phenols is 1. The number of aromatic nitrogens is 1. The molecule has 0 unspecified atom stereocenters. The van der Waals surface area contributed by atoms with Gasteiger partial charge in [-0.1, -0.05) is 6.07 Å². The Hall–Kier alpha value is -1.83. The van der Waals surface area contributed by atoms with Crippen LogP contribution in [0.4, 0.5) is 0 Å². The average Bonchev–Trinajstić information content (AvgIpc) is 2.40. The molecule has 1 aliphatic rings. The van der Waals surface area contributed by atoms with Crippen LogP contribution in [0.3, 0.4) is 0 Å². The molecule has 0 bridgehead atoms. The van der Waals surface area contributed by atoms with Crippen molar-refractivity contribution in [3.63, 3.8) is 0 Å². The standard InChI is InChI=1S/C16H17NO/c18-16-4-3-14-10-13(1-2-15(14)11-16)9-12-5-7-17-8-6-12/h3-8,11,13,18H,1-2,9-10H2/t13-/m0/s1. The quantitative estimate of drug-likeness (QED) is 0.873. The molecule has 0 amide bonds. The molecule has 2 nitrogen and oxygen atoms in total. The fraction of sp³-hybridized carbons (Fsp3) is 0.312. The number of phenolic OH excluding ortho intramolecular Hbond substituents is 1. The zero-order valence-electron chi connectivity index (χ0n) is 10.3. The van der Waals surface area contributed by atoms with Crippen LogP contribution in [-0.4, -0.2) is 10.1 Å². The molecule has 18 heavy (non-hydrogen) atoms. The van der Waals surface area contributed by atoms with Crippen LogP contribution in [0.1, 0.15) is 23.1 Å². The van der Waals surface area contributed by atoms with Crippen molar-refractivity contribution in [2.24, 2.45) is 5.92 Å². The van der Waals surface area contributed by atoms with Crippen LogP contribution in [0, 0.1) is 5.92 Å². The summed E-state index contributed by atoms with van der Waals surface area (Å²) in [6.07, 6.45) is 8.27.